The lowest BCUT2D eigenvalue weighted by molar-refractivity contribution is 0.130. The SMILES string of the molecule is COCCN1CCC(c2ccc(Nc3ncc(-c4ccc(C#N)c(OSCn5cnnn5)c4)cn3)c(OC)c2)CC1. The first kappa shape index (κ1) is 28.3. The number of nitrogens with zero attached hydrogens (tertiary/aromatic N) is 8. The molecule has 2 aromatic carbocycles. The van der Waals surface area contributed by atoms with Gasteiger partial charge in [0.1, 0.15) is 24.0 Å². The minimum atomic E-state index is 0.379. The number of anilines is 2. The molecule has 0 saturated carbocycles. The number of tetrazole rings is 1. The van der Waals surface area contributed by atoms with Crippen molar-refractivity contribution in [3.8, 4) is 28.7 Å². The molecule has 1 aliphatic heterocycles. The van der Waals surface area contributed by atoms with Crippen LogP contribution in [0.5, 0.6) is 11.5 Å². The lowest BCUT2D eigenvalue weighted by atomic mass is 9.89. The highest BCUT2D eigenvalue weighted by atomic mass is 32.2. The Morgan fingerprint density at radius 2 is 1.88 bits per heavy atom. The van der Waals surface area contributed by atoms with Crippen molar-refractivity contribution in [1.29, 1.82) is 5.26 Å². The van der Waals surface area contributed by atoms with E-state index in [2.05, 4.69) is 53.9 Å². The van der Waals surface area contributed by atoms with Crippen molar-refractivity contribution in [3.63, 3.8) is 0 Å². The molecule has 5 rings (SSSR count). The lowest BCUT2D eigenvalue weighted by Crippen LogP contribution is -2.35. The smallest absolute Gasteiger partial charge is 0.227 e. The maximum atomic E-state index is 9.49. The number of methoxy groups -OCH3 is 2. The Labute approximate surface area is 242 Å². The van der Waals surface area contributed by atoms with Gasteiger partial charge in [-0.05, 0) is 77.7 Å². The Bertz CT molecular complexity index is 1450. The van der Waals surface area contributed by atoms with Gasteiger partial charge in [-0.3, -0.25) is 0 Å². The second kappa shape index (κ2) is 13.9. The van der Waals surface area contributed by atoms with E-state index in [9.17, 15) is 5.26 Å². The number of benzene rings is 2. The third kappa shape index (κ3) is 7.29. The minimum absolute atomic E-state index is 0.379. The number of nitriles is 1. The number of hydrogen-bond donors (Lipinski definition) is 1. The molecule has 0 radical (unpaired) electrons. The molecule has 13 heteroatoms. The van der Waals surface area contributed by atoms with Gasteiger partial charge in [0.15, 0.2) is 5.75 Å². The van der Waals surface area contributed by atoms with Gasteiger partial charge in [-0.1, -0.05) is 12.1 Å². The van der Waals surface area contributed by atoms with Crippen molar-refractivity contribution < 1.29 is 13.7 Å². The average Bonchev–Trinajstić information content (AvgIpc) is 3.54. The van der Waals surface area contributed by atoms with Crippen molar-refractivity contribution in [2.24, 2.45) is 0 Å². The molecule has 0 spiro atoms. The van der Waals surface area contributed by atoms with Crippen molar-refractivity contribution in [2.45, 2.75) is 24.6 Å². The number of piperidine rings is 1. The van der Waals surface area contributed by atoms with Crippen LogP contribution in [-0.2, 0) is 10.6 Å². The van der Waals surface area contributed by atoms with Crippen LogP contribution in [0.2, 0.25) is 0 Å². The van der Waals surface area contributed by atoms with Crippen LogP contribution in [0.1, 0.15) is 29.9 Å². The molecule has 4 aromatic rings. The van der Waals surface area contributed by atoms with Crippen LogP contribution in [0.15, 0.2) is 55.1 Å². The van der Waals surface area contributed by atoms with E-state index in [1.54, 1.807) is 38.7 Å². The monoisotopic (exact) mass is 573 g/mol. The molecule has 2 aromatic heterocycles. The summed E-state index contributed by atoms with van der Waals surface area (Å²) in [4.78, 5) is 11.5. The predicted molar refractivity (Wildman–Crippen MR) is 155 cm³/mol. The Balaban J connectivity index is 1.23. The van der Waals surface area contributed by atoms with E-state index in [1.165, 1.54) is 16.6 Å². The fourth-order valence-electron chi connectivity index (χ4n) is 4.68. The minimum Gasteiger partial charge on any atom is -0.495 e. The number of rotatable bonds is 12. The van der Waals surface area contributed by atoms with Gasteiger partial charge in [0.05, 0.1) is 37.0 Å². The van der Waals surface area contributed by atoms with Gasteiger partial charge in [-0.25, -0.2) is 14.6 Å². The van der Waals surface area contributed by atoms with Crippen molar-refractivity contribution in [3.05, 3.63) is 66.2 Å². The summed E-state index contributed by atoms with van der Waals surface area (Å²) < 4.78 is 18.2. The molecule has 1 fully saturated rings. The van der Waals surface area contributed by atoms with E-state index in [4.69, 9.17) is 13.7 Å². The van der Waals surface area contributed by atoms with Crippen LogP contribution in [-0.4, -0.2) is 75.5 Å². The molecule has 212 valence electrons. The number of aromatic nitrogens is 6. The van der Waals surface area contributed by atoms with E-state index in [0.717, 1.165) is 73.7 Å². The van der Waals surface area contributed by atoms with E-state index in [1.807, 2.05) is 12.1 Å². The highest BCUT2D eigenvalue weighted by Crippen LogP contribution is 2.35. The Kier molecular flexibility index (Phi) is 9.58. The summed E-state index contributed by atoms with van der Waals surface area (Å²) in [5, 5.41) is 23.7. The van der Waals surface area contributed by atoms with Crippen molar-refractivity contribution >= 4 is 23.7 Å². The van der Waals surface area contributed by atoms with Crippen LogP contribution in [0.4, 0.5) is 11.6 Å². The zero-order chi connectivity index (χ0) is 28.4. The Morgan fingerprint density at radius 3 is 2.59 bits per heavy atom. The summed E-state index contributed by atoms with van der Waals surface area (Å²) in [6.45, 7) is 3.90. The van der Waals surface area contributed by atoms with Crippen LogP contribution in [0, 0.1) is 11.3 Å². The zero-order valence-corrected chi connectivity index (χ0v) is 23.8. The molecule has 0 atom stereocenters. The van der Waals surface area contributed by atoms with Gasteiger partial charge in [-0.15, -0.1) is 5.10 Å². The molecule has 3 heterocycles. The first-order valence-corrected chi connectivity index (χ1v) is 14.1. The number of likely N-dealkylation sites (tertiary alicyclic amines) is 1. The first-order chi connectivity index (χ1) is 20.2. The summed E-state index contributed by atoms with van der Waals surface area (Å²) >= 11 is 1.13. The number of ether oxygens (including phenoxy) is 2. The second-order valence-electron chi connectivity index (χ2n) is 9.49. The molecule has 12 nitrogen and oxygen atoms in total. The summed E-state index contributed by atoms with van der Waals surface area (Å²) in [5.41, 5.74) is 4.11. The van der Waals surface area contributed by atoms with Crippen LogP contribution in [0.3, 0.4) is 0 Å². The van der Waals surface area contributed by atoms with Gasteiger partial charge in [-0.2, -0.15) is 5.26 Å². The van der Waals surface area contributed by atoms with E-state index in [0.29, 0.717) is 29.1 Å². The molecule has 0 unspecified atom stereocenters. The van der Waals surface area contributed by atoms with Crippen LogP contribution in [0.25, 0.3) is 11.1 Å². The first-order valence-electron chi connectivity index (χ1n) is 13.2. The van der Waals surface area contributed by atoms with Gasteiger partial charge in [0, 0.05) is 31.6 Å². The fourth-order valence-corrected chi connectivity index (χ4v) is 5.23. The lowest BCUT2D eigenvalue weighted by Gasteiger charge is -2.32. The predicted octanol–water partition coefficient (Wildman–Crippen LogP) is 4.26. The molecule has 0 aliphatic carbocycles. The molecule has 1 aliphatic rings. The topological polar surface area (TPSA) is 136 Å². The molecule has 1 saturated heterocycles. The molecule has 1 N–H and O–H groups in total. The molecule has 0 bridgehead atoms. The summed E-state index contributed by atoms with van der Waals surface area (Å²) in [5.74, 6) is 2.53. The summed E-state index contributed by atoms with van der Waals surface area (Å²) in [6, 6.07) is 13.8. The summed E-state index contributed by atoms with van der Waals surface area (Å²) in [6.07, 6.45) is 7.18. The van der Waals surface area contributed by atoms with Crippen molar-refractivity contribution in [1.82, 2.24) is 35.1 Å². The Hall–Kier alpha value is -4.25. The zero-order valence-electron chi connectivity index (χ0n) is 22.9. The normalized spacial score (nSPS) is 14.0. The maximum Gasteiger partial charge on any atom is 0.227 e. The van der Waals surface area contributed by atoms with Crippen molar-refractivity contribution in [2.75, 3.05) is 45.8 Å². The van der Waals surface area contributed by atoms with E-state index >= 15 is 0 Å². The third-order valence-electron chi connectivity index (χ3n) is 6.96. The average molecular weight is 574 g/mol. The molecular formula is C28H31N9O3S. The standard InChI is InChI=1S/C28H31N9O3S/c1-38-12-11-36-9-7-20(8-10-36)21-5-6-25(27(14-21)39-2)33-28-30-16-24(17-31-28)22-3-4-23(15-29)26(13-22)40-41-19-37-18-32-34-35-37/h3-6,13-14,16-18,20H,7-12,19H2,1-2H3,(H,30,31,33). The summed E-state index contributed by atoms with van der Waals surface area (Å²) in [7, 11) is 3.42. The van der Waals surface area contributed by atoms with E-state index < -0.39 is 0 Å². The molecule has 0 amide bonds. The maximum absolute atomic E-state index is 9.49. The van der Waals surface area contributed by atoms with Crippen LogP contribution >= 0.6 is 12.0 Å². The van der Waals surface area contributed by atoms with Gasteiger partial charge in [0.25, 0.3) is 0 Å². The second-order valence-corrected chi connectivity index (χ2v) is 10.2. The van der Waals surface area contributed by atoms with Gasteiger partial charge in [0.2, 0.25) is 5.95 Å². The fraction of sp³-hybridized carbons (Fsp3) is 0.357. The van der Waals surface area contributed by atoms with Gasteiger partial charge < -0.3 is 23.9 Å². The largest absolute Gasteiger partial charge is 0.495 e. The molecule has 41 heavy (non-hydrogen) atoms. The Morgan fingerprint density at radius 1 is 1.05 bits per heavy atom. The highest BCUT2D eigenvalue weighted by Gasteiger charge is 2.21. The highest BCUT2D eigenvalue weighted by molar-refractivity contribution is 7.94. The van der Waals surface area contributed by atoms with Gasteiger partial charge >= 0.3 is 0 Å². The van der Waals surface area contributed by atoms with Crippen LogP contribution < -0.4 is 14.2 Å². The number of nitrogens with one attached hydrogen (secondary N) is 1. The molecular weight excluding hydrogens is 542 g/mol. The number of hydrogen-bond acceptors (Lipinski definition) is 12. The third-order valence-corrected chi connectivity index (χ3v) is 7.62. The quantitative estimate of drug-likeness (QED) is 0.242. The van der Waals surface area contributed by atoms with E-state index in [-0.39, 0.29) is 0 Å².